The first-order valence-electron chi connectivity index (χ1n) is 7.06. The number of nitrogens with zero attached hydrogens (tertiary/aromatic N) is 1. The third kappa shape index (κ3) is 9.11. The number of carbonyl (C=O) groups is 1. The average molecular weight is 499 g/mol. The van der Waals surface area contributed by atoms with Gasteiger partial charge in [-0.3, -0.25) is 9.79 Å². The minimum Gasteiger partial charge on any atom is -0.385 e. The molecule has 0 aliphatic carbocycles. The summed E-state index contributed by atoms with van der Waals surface area (Å²) in [6, 6.07) is 5.77. The van der Waals surface area contributed by atoms with Crippen molar-refractivity contribution in [3.8, 4) is 0 Å². The second-order valence-corrected chi connectivity index (χ2v) is 5.62. The average Bonchev–Trinajstić information content (AvgIpc) is 2.50. The number of amides is 1. The van der Waals surface area contributed by atoms with Gasteiger partial charge in [0.2, 0.25) is 5.91 Å². The van der Waals surface area contributed by atoms with Crippen LogP contribution in [0.15, 0.2) is 27.7 Å². The Morgan fingerprint density at radius 1 is 1.35 bits per heavy atom. The Labute approximate surface area is 163 Å². The molecule has 8 heteroatoms. The molecule has 0 saturated heterocycles. The van der Waals surface area contributed by atoms with Crippen molar-refractivity contribution in [2.75, 3.05) is 39.2 Å². The Bertz CT molecular complexity index is 526. The number of anilines is 1. The lowest BCUT2D eigenvalue weighted by Crippen LogP contribution is -2.41. The SMILES string of the molecule is CN=C(NCCCOC)NCC(=O)Nc1cc(Br)ccc1C.I. The Morgan fingerprint density at radius 3 is 2.74 bits per heavy atom. The molecule has 1 aromatic carbocycles. The summed E-state index contributed by atoms with van der Waals surface area (Å²) in [5, 5.41) is 8.96. The van der Waals surface area contributed by atoms with Gasteiger partial charge in [0.05, 0.1) is 6.54 Å². The third-order valence-corrected chi connectivity index (χ3v) is 3.42. The first kappa shape index (κ1) is 22.1. The van der Waals surface area contributed by atoms with Crippen molar-refractivity contribution in [1.82, 2.24) is 10.6 Å². The van der Waals surface area contributed by atoms with Gasteiger partial charge in [-0.2, -0.15) is 0 Å². The van der Waals surface area contributed by atoms with Crippen LogP contribution in [-0.2, 0) is 9.53 Å². The number of rotatable bonds is 7. The molecule has 1 amide bonds. The molecule has 1 aromatic rings. The van der Waals surface area contributed by atoms with E-state index in [1.807, 2.05) is 25.1 Å². The molecule has 0 radical (unpaired) electrons. The zero-order chi connectivity index (χ0) is 16.4. The van der Waals surface area contributed by atoms with E-state index in [0.29, 0.717) is 12.6 Å². The summed E-state index contributed by atoms with van der Waals surface area (Å²) in [6.45, 7) is 3.52. The number of carbonyl (C=O) groups excluding carboxylic acids is 1. The van der Waals surface area contributed by atoms with Gasteiger partial charge in [0.15, 0.2) is 5.96 Å². The predicted octanol–water partition coefficient (Wildman–Crippen LogP) is 2.52. The summed E-state index contributed by atoms with van der Waals surface area (Å²) >= 11 is 3.39. The summed E-state index contributed by atoms with van der Waals surface area (Å²) in [4.78, 5) is 16.0. The monoisotopic (exact) mass is 498 g/mol. The molecule has 0 heterocycles. The third-order valence-electron chi connectivity index (χ3n) is 2.93. The fraction of sp³-hybridized carbons (Fsp3) is 0.467. The number of methoxy groups -OCH3 is 1. The number of halogens is 2. The largest absolute Gasteiger partial charge is 0.385 e. The Kier molecular flexibility index (Phi) is 12.1. The second-order valence-electron chi connectivity index (χ2n) is 4.71. The number of hydrogen-bond acceptors (Lipinski definition) is 3. The van der Waals surface area contributed by atoms with Crippen LogP contribution in [0.5, 0.6) is 0 Å². The molecule has 0 bridgehead atoms. The van der Waals surface area contributed by atoms with Crippen molar-refractivity contribution in [3.05, 3.63) is 28.2 Å². The highest BCUT2D eigenvalue weighted by atomic mass is 127. The molecule has 3 N–H and O–H groups in total. The van der Waals surface area contributed by atoms with E-state index in [-0.39, 0.29) is 36.4 Å². The molecule has 0 unspecified atom stereocenters. The molecule has 23 heavy (non-hydrogen) atoms. The zero-order valence-corrected chi connectivity index (χ0v) is 17.5. The molecule has 0 saturated carbocycles. The van der Waals surface area contributed by atoms with Crippen LogP contribution in [0.25, 0.3) is 0 Å². The topological polar surface area (TPSA) is 74.8 Å². The van der Waals surface area contributed by atoms with Gasteiger partial charge in [-0.25, -0.2) is 0 Å². The minimum absolute atomic E-state index is 0. The van der Waals surface area contributed by atoms with Gasteiger partial charge < -0.3 is 20.7 Å². The van der Waals surface area contributed by atoms with Crippen LogP contribution < -0.4 is 16.0 Å². The maximum Gasteiger partial charge on any atom is 0.243 e. The molecular weight excluding hydrogens is 475 g/mol. The Balaban J connectivity index is 0.00000484. The van der Waals surface area contributed by atoms with Crippen LogP contribution >= 0.6 is 39.9 Å². The van der Waals surface area contributed by atoms with Crippen LogP contribution in [-0.4, -0.2) is 45.7 Å². The lowest BCUT2D eigenvalue weighted by Gasteiger charge is -2.13. The van der Waals surface area contributed by atoms with Crippen LogP contribution in [0.2, 0.25) is 0 Å². The van der Waals surface area contributed by atoms with Gasteiger partial charge in [-0.15, -0.1) is 24.0 Å². The van der Waals surface area contributed by atoms with E-state index in [2.05, 4.69) is 36.9 Å². The van der Waals surface area contributed by atoms with Crippen molar-refractivity contribution in [3.63, 3.8) is 0 Å². The fourth-order valence-corrected chi connectivity index (χ4v) is 2.09. The van der Waals surface area contributed by atoms with Crippen LogP contribution in [0.3, 0.4) is 0 Å². The van der Waals surface area contributed by atoms with E-state index in [9.17, 15) is 4.79 Å². The van der Waals surface area contributed by atoms with Crippen molar-refractivity contribution in [2.45, 2.75) is 13.3 Å². The molecule has 0 fully saturated rings. The summed E-state index contributed by atoms with van der Waals surface area (Å²) in [5.41, 5.74) is 1.81. The predicted molar refractivity (Wildman–Crippen MR) is 109 cm³/mol. The van der Waals surface area contributed by atoms with Gasteiger partial charge in [0, 0.05) is 37.5 Å². The number of aliphatic imine (C=N–C) groups is 1. The highest BCUT2D eigenvalue weighted by Crippen LogP contribution is 2.20. The number of aryl methyl sites for hydroxylation is 1. The summed E-state index contributed by atoms with van der Waals surface area (Å²) in [6.07, 6.45) is 0.876. The van der Waals surface area contributed by atoms with Gasteiger partial charge in [0.1, 0.15) is 0 Å². The first-order chi connectivity index (χ1) is 10.6. The normalized spacial score (nSPS) is 10.7. The van der Waals surface area contributed by atoms with E-state index in [1.165, 1.54) is 0 Å². The van der Waals surface area contributed by atoms with E-state index < -0.39 is 0 Å². The molecule has 0 spiro atoms. The standard InChI is InChI=1S/C15H23BrN4O2.HI/c1-11-5-6-12(16)9-13(11)20-14(21)10-19-15(17-2)18-7-4-8-22-3;/h5-6,9H,4,7-8,10H2,1-3H3,(H,20,21)(H2,17,18,19);1H. The molecule has 0 aliphatic rings. The zero-order valence-electron chi connectivity index (χ0n) is 13.6. The van der Waals surface area contributed by atoms with Gasteiger partial charge >= 0.3 is 0 Å². The van der Waals surface area contributed by atoms with Crippen LogP contribution in [0.4, 0.5) is 5.69 Å². The quantitative estimate of drug-likeness (QED) is 0.234. The number of benzene rings is 1. The molecule has 6 nitrogen and oxygen atoms in total. The molecule has 1 rings (SSSR count). The van der Waals surface area contributed by atoms with Crippen molar-refractivity contribution >= 4 is 57.5 Å². The van der Waals surface area contributed by atoms with E-state index in [1.54, 1.807) is 14.2 Å². The number of hydrogen-bond donors (Lipinski definition) is 3. The summed E-state index contributed by atoms with van der Waals surface area (Å²) < 4.78 is 5.90. The van der Waals surface area contributed by atoms with Crippen LogP contribution in [0.1, 0.15) is 12.0 Å². The van der Waals surface area contributed by atoms with Gasteiger partial charge in [-0.05, 0) is 31.0 Å². The van der Waals surface area contributed by atoms with Gasteiger partial charge in [-0.1, -0.05) is 22.0 Å². The summed E-state index contributed by atoms with van der Waals surface area (Å²) in [7, 11) is 3.34. The second kappa shape index (κ2) is 12.5. The van der Waals surface area contributed by atoms with Crippen molar-refractivity contribution < 1.29 is 9.53 Å². The smallest absolute Gasteiger partial charge is 0.243 e. The molecule has 0 aliphatic heterocycles. The van der Waals surface area contributed by atoms with Crippen molar-refractivity contribution in [1.29, 1.82) is 0 Å². The number of ether oxygens (including phenoxy) is 1. The number of nitrogens with one attached hydrogen (secondary N) is 3. The maximum absolute atomic E-state index is 12.0. The van der Waals surface area contributed by atoms with E-state index >= 15 is 0 Å². The Hall–Kier alpha value is -0.870. The molecule has 0 atom stereocenters. The molecular formula is C15H24BrIN4O2. The lowest BCUT2D eigenvalue weighted by molar-refractivity contribution is -0.115. The maximum atomic E-state index is 12.0. The number of guanidine groups is 1. The minimum atomic E-state index is -0.124. The lowest BCUT2D eigenvalue weighted by atomic mass is 10.2. The first-order valence-corrected chi connectivity index (χ1v) is 7.85. The van der Waals surface area contributed by atoms with Crippen LogP contribution in [0, 0.1) is 6.92 Å². The summed E-state index contributed by atoms with van der Waals surface area (Å²) in [5.74, 6) is 0.471. The fourth-order valence-electron chi connectivity index (χ4n) is 1.73. The highest BCUT2D eigenvalue weighted by Gasteiger charge is 2.06. The van der Waals surface area contributed by atoms with Crippen molar-refractivity contribution in [2.24, 2.45) is 4.99 Å². The molecule has 130 valence electrons. The van der Waals surface area contributed by atoms with E-state index in [0.717, 1.165) is 28.7 Å². The highest BCUT2D eigenvalue weighted by molar-refractivity contribution is 14.0. The van der Waals surface area contributed by atoms with E-state index in [4.69, 9.17) is 4.74 Å². The Morgan fingerprint density at radius 2 is 2.09 bits per heavy atom. The molecule has 0 aromatic heterocycles. The van der Waals surface area contributed by atoms with Gasteiger partial charge in [0.25, 0.3) is 0 Å².